The Morgan fingerprint density at radius 1 is 1.28 bits per heavy atom. The van der Waals surface area contributed by atoms with Crippen LogP contribution in [0, 0.1) is 11.6 Å². The van der Waals surface area contributed by atoms with E-state index in [2.05, 4.69) is 20.9 Å². The van der Waals surface area contributed by atoms with Crippen LogP contribution in [0.25, 0.3) is 0 Å². The number of hydrogen-bond donors (Lipinski definition) is 1. The number of rotatable bonds is 3. The minimum Gasteiger partial charge on any atom is -0.323 e. The van der Waals surface area contributed by atoms with Crippen molar-refractivity contribution in [3.63, 3.8) is 0 Å². The number of hydrogen-bond acceptors (Lipinski definition) is 2. The fraction of sp³-hybridized carbons (Fsp3) is 0.154. The van der Waals surface area contributed by atoms with Crippen LogP contribution in [0.5, 0.6) is 0 Å². The number of aromatic nitrogens is 1. The molecule has 1 aromatic carbocycles. The van der Waals surface area contributed by atoms with Gasteiger partial charge in [0.2, 0.25) is 0 Å². The molecule has 1 unspecified atom stereocenters. The molecule has 2 nitrogen and oxygen atoms in total. The van der Waals surface area contributed by atoms with E-state index < -0.39 is 17.7 Å². The highest BCUT2D eigenvalue weighted by molar-refractivity contribution is 9.10. The lowest BCUT2D eigenvalue weighted by molar-refractivity contribution is 0.523. The second-order valence-corrected chi connectivity index (χ2v) is 4.87. The summed E-state index contributed by atoms with van der Waals surface area (Å²) in [6.07, 6.45) is 3.60. The second-order valence-electron chi connectivity index (χ2n) is 3.96. The van der Waals surface area contributed by atoms with Crippen LogP contribution >= 0.6 is 15.9 Å². The monoisotopic (exact) mass is 312 g/mol. The number of nitrogens with two attached hydrogens (primary N) is 1. The van der Waals surface area contributed by atoms with Gasteiger partial charge in [0.25, 0.3) is 0 Å². The minimum atomic E-state index is -0.734. The Bertz CT molecular complexity index is 523. The van der Waals surface area contributed by atoms with Gasteiger partial charge < -0.3 is 5.73 Å². The maximum Gasteiger partial charge on any atom is 0.132 e. The zero-order chi connectivity index (χ0) is 13.1. The number of halogens is 3. The van der Waals surface area contributed by atoms with E-state index in [1.807, 2.05) is 6.07 Å². The van der Waals surface area contributed by atoms with Crippen LogP contribution in [-0.4, -0.2) is 4.98 Å². The highest BCUT2D eigenvalue weighted by Crippen LogP contribution is 2.25. The highest BCUT2D eigenvalue weighted by Gasteiger charge is 2.18. The van der Waals surface area contributed by atoms with Crippen LogP contribution in [0.1, 0.15) is 17.2 Å². The SMILES string of the molecule is NC(Cc1cccnc1)c1c(F)cc(Br)cc1F. The standard InChI is InChI=1S/C13H11BrF2N2/c14-9-5-10(15)13(11(16)6-9)12(17)4-8-2-1-3-18-7-8/h1-3,5-7,12H,4,17H2. The topological polar surface area (TPSA) is 38.9 Å². The van der Waals surface area contributed by atoms with Crippen LogP contribution in [0.2, 0.25) is 0 Å². The predicted molar refractivity (Wildman–Crippen MR) is 68.9 cm³/mol. The molecule has 5 heteroatoms. The molecule has 1 aromatic heterocycles. The first-order valence-electron chi connectivity index (χ1n) is 5.37. The summed E-state index contributed by atoms with van der Waals surface area (Å²) in [5.41, 5.74) is 6.60. The van der Waals surface area contributed by atoms with E-state index in [-0.39, 0.29) is 5.56 Å². The molecule has 0 bridgehead atoms. The van der Waals surface area contributed by atoms with Gasteiger partial charge in [-0.1, -0.05) is 22.0 Å². The van der Waals surface area contributed by atoms with Crippen molar-refractivity contribution in [1.82, 2.24) is 4.98 Å². The second kappa shape index (κ2) is 5.54. The summed E-state index contributed by atoms with van der Waals surface area (Å²) < 4.78 is 27.8. The van der Waals surface area contributed by atoms with Crippen LogP contribution < -0.4 is 5.73 Å². The van der Waals surface area contributed by atoms with Crippen LogP contribution in [0.4, 0.5) is 8.78 Å². The number of nitrogens with zero attached hydrogens (tertiary/aromatic N) is 1. The van der Waals surface area contributed by atoms with Crippen LogP contribution in [-0.2, 0) is 6.42 Å². The summed E-state index contributed by atoms with van der Waals surface area (Å²) in [4.78, 5) is 3.94. The van der Waals surface area contributed by atoms with Crippen molar-refractivity contribution in [3.8, 4) is 0 Å². The molecule has 0 saturated carbocycles. The van der Waals surface area contributed by atoms with Crippen LogP contribution in [0.3, 0.4) is 0 Å². The Morgan fingerprint density at radius 3 is 2.50 bits per heavy atom. The van der Waals surface area contributed by atoms with E-state index in [0.29, 0.717) is 10.9 Å². The first kappa shape index (κ1) is 13.1. The highest BCUT2D eigenvalue weighted by atomic mass is 79.9. The van der Waals surface area contributed by atoms with E-state index in [1.165, 1.54) is 12.1 Å². The van der Waals surface area contributed by atoms with Crippen molar-refractivity contribution in [2.24, 2.45) is 5.73 Å². The molecule has 1 heterocycles. The molecule has 2 N–H and O–H groups in total. The van der Waals surface area contributed by atoms with Crippen molar-refractivity contribution in [2.45, 2.75) is 12.5 Å². The largest absolute Gasteiger partial charge is 0.323 e. The molecule has 0 aliphatic carbocycles. The van der Waals surface area contributed by atoms with Gasteiger partial charge in [-0.05, 0) is 30.2 Å². The van der Waals surface area contributed by atoms with E-state index in [9.17, 15) is 8.78 Å². The smallest absolute Gasteiger partial charge is 0.132 e. The molecular formula is C13H11BrF2N2. The fourth-order valence-corrected chi connectivity index (χ4v) is 2.18. The Morgan fingerprint density at radius 2 is 1.94 bits per heavy atom. The van der Waals surface area contributed by atoms with E-state index in [0.717, 1.165) is 5.56 Å². The van der Waals surface area contributed by atoms with Gasteiger partial charge in [-0.15, -0.1) is 0 Å². The van der Waals surface area contributed by atoms with Crippen molar-refractivity contribution >= 4 is 15.9 Å². The van der Waals surface area contributed by atoms with Crippen molar-refractivity contribution in [1.29, 1.82) is 0 Å². The van der Waals surface area contributed by atoms with Gasteiger partial charge in [0.05, 0.1) is 0 Å². The summed E-state index contributed by atoms with van der Waals surface area (Å²) in [5, 5.41) is 0. The van der Waals surface area contributed by atoms with Gasteiger partial charge in [-0.3, -0.25) is 4.98 Å². The fourth-order valence-electron chi connectivity index (χ4n) is 1.78. The maximum absolute atomic E-state index is 13.7. The molecule has 94 valence electrons. The van der Waals surface area contributed by atoms with Gasteiger partial charge in [0, 0.05) is 28.5 Å². The summed E-state index contributed by atoms with van der Waals surface area (Å²) in [7, 11) is 0. The first-order chi connectivity index (χ1) is 8.58. The van der Waals surface area contributed by atoms with Crippen molar-refractivity contribution < 1.29 is 8.78 Å². The molecule has 2 aromatic rings. The predicted octanol–water partition coefficient (Wildman–Crippen LogP) is 3.36. The lowest BCUT2D eigenvalue weighted by Crippen LogP contribution is -2.17. The molecule has 1 atom stereocenters. The van der Waals surface area contributed by atoms with Gasteiger partial charge in [-0.25, -0.2) is 8.78 Å². The molecule has 0 aliphatic heterocycles. The molecule has 2 rings (SSSR count). The summed E-state index contributed by atoms with van der Waals surface area (Å²) in [5.74, 6) is -1.28. The molecule has 0 spiro atoms. The van der Waals surface area contributed by atoms with Gasteiger partial charge in [0.1, 0.15) is 11.6 Å². The van der Waals surface area contributed by atoms with Crippen molar-refractivity contribution in [3.05, 3.63) is 63.9 Å². The molecule has 0 amide bonds. The molecule has 0 saturated heterocycles. The average molecular weight is 313 g/mol. The molecular weight excluding hydrogens is 302 g/mol. The summed E-state index contributed by atoms with van der Waals surface area (Å²) in [6, 6.07) is 5.27. The molecule has 0 aliphatic rings. The van der Waals surface area contributed by atoms with Gasteiger partial charge >= 0.3 is 0 Å². The third kappa shape index (κ3) is 2.91. The van der Waals surface area contributed by atoms with E-state index >= 15 is 0 Å². The lowest BCUT2D eigenvalue weighted by atomic mass is 10.00. The number of benzene rings is 1. The molecule has 0 fully saturated rings. The number of pyridine rings is 1. The summed E-state index contributed by atoms with van der Waals surface area (Å²) >= 11 is 3.03. The normalized spacial score (nSPS) is 12.4. The van der Waals surface area contributed by atoms with Gasteiger partial charge in [-0.2, -0.15) is 0 Å². The first-order valence-corrected chi connectivity index (χ1v) is 6.16. The Hall–Kier alpha value is -1.33. The van der Waals surface area contributed by atoms with Gasteiger partial charge in [0.15, 0.2) is 0 Å². The summed E-state index contributed by atoms with van der Waals surface area (Å²) in [6.45, 7) is 0. The Balaban J connectivity index is 2.27. The third-order valence-corrected chi connectivity index (χ3v) is 3.05. The van der Waals surface area contributed by atoms with Crippen molar-refractivity contribution in [2.75, 3.05) is 0 Å². The minimum absolute atomic E-state index is 0.0953. The lowest BCUT2D eigenvalue weighted by Gasteiger charge is -2.14. The molecule has 18 heavy (non-hydrogen) atoms. The average Bonchev–Trinajstić information content (AvgIpc) is 2.28. The van der Waals surface area contributed by atoms with E-state index in [4.69, 9.17) is 5.73 Å². The zero-order valence-electron chi connectivity index (χ0n) is 9.41. The zero-order valence-corrected chi connectivity index (χ0v) is 11.0. The van der Waals surface area contributed by atoms with E-state index in [1.54, 1.807) is 18.5 Å². The quantitative estimate of drug-likeness (QED) is 0.943. The maximum atomic E-state index is 13.7. The van der Waals surface area contributed by atoms with Crippen LogP contribution in [0.15, 0.2) is 41.1 Å². The Kier molecular flexibility index (Phi) is 4.04. The third-order valence-electron chi connectivity index (χ3n) is 2.59. The molecule has 0 radical (unpaired) electrons. The Labute approximate surface area is 112 Å².